The zero-order chi connectivity index (χ0) is 26.0. The lowest BCUT2D eigenvalue weighted by Crippen LogP contribution is -2.47. The van der Waals surface area contributed by atoms with Crippen molar-refractivity contribution in [1.82, 2.24) is 9.88 Å². The first-order chi connectivity index (χ1) is 17.7. The second kappa shape index (κ2) is 9.91. The number of benzene rings is 3. The highest BCUT2D eigenvalue weighted by atomic mass is 32.2. The number of aliphatic hydroxyl groups is 1. The molecule has 1 aliphatic heterocycles. The maximum Gasteiger partial charge on any atom is 0.264 e. The van der Waals surface area contributed by atoms with E-state index in [1.807, 2.05) is 30.3 Å². The lowest BCUT2D eigenvalue weighted by molar-refractivity contribution is -0.0162. The fourth-order valence-corrected chi connectivity index (χ4v) is 5.93. The molecule has 7 nitrogen and oxygen atoms in total. The summed E-state index contributed by atoms with van der Waals surface area (Å²) in [6.45, 7) is 0.679. The molecule has 0 spiro atoms. The zero-order valence-corrected chi connectivity index (χ0v) is 20.8. The van der Waals surface area contributed by atoms with Crippen LogP contribution in [0, 0.1) is 5.82 Å². The maximum atomic E-state index is 14.9. The summed E-state index contributed by atoms with van der Waals surface area (Å²) in [6, 6.07) is 21.6. The first-order valence-corrected chi connectivity index (χ1v) is 13.4. The molecule has 9 heteroatoms. The van der Waals surface area contributed by atoms with Crippen LogP contribution in [0.2, 0.25) is 0 Å². The molecule has 3 aromatic carbocycles. The topological polar surface area (TPSA) is 99.6 Å². The number of rotatable bonds is 6. The number of hydrogen-bond acceptors (Lipinski definition) is 5. The highest BCUT2D eigenvalue weighted by molar-refractivity contribution is 7.93. The summed E-state index contributed by atoms with van der Waals surface area (Å²) < 4.78 is 43.2. The molecule has 1 amide bonds. The van der Waals surface area contributed by atoms with Crippen molar-refractivity contribution in [3.8, 4) is 0 Å². The number of amides is 1. The fraction of sp³-hybridized carbons (Fsp3) is 0.214. The Hall–Kier alpha value is -3.82. The molecular formula is C28H26FN3O4S. The Balaban J connectivity index is 1.28. The Bertz CT molecular complexity index is 1550. The van der Waals surface area contributed by atoms with E-state index < -0.39 is 21.4 Å². The third-order valence-electron chi connectivity index (χ3n) is 6.70. The third-order valence-corrected chi connectivity index (χ3v) is 8.10. The number of aromatic nitrogens is 1. The van der Waals surface area contributed by atoms with Crippen molar-refractivity contribution in [2.24, 2.45) is 0 Å². The second-order valence-electron chi connectivity index (χ2n) is 9.31. The van der Waals surface area contributed by atoms with Crippen molar-refractivity contribution >= 4 is 32.5 Å². The number of nitrogens with one attached hydrogen (secondary N) is 1. The summed E-state index contributed by atoms with van der Waals surface area (Å²) in [7, 11) is -4.13. The molecule has 2 heterocycles. The molecule has 0 bridgehead atoms. The van der Waals surface area contributed by atoms with Gasteiger partial charge in [-0.05, 0) is 48.7 Å². The van der Waals surface area contributed by atoms with Crippen LogP contribution in [0.4, 0.5) is 10.1 Å². The Morgan fingerprint density at radius 2 is 1.73 bits per heavy atom. The van der Waals surface area contributed by atoms with E-state index in [9.17, 15) is 22.7 Å². The van der Waals surface area contributed by atoms with Crippen LogP contribution in [0.5, 0.6) is 0 Å². The molecule has 1 saturated heterocycles. The molecule has 4 aromatic rings. The number of hydrogen-bond donors (Lipinski definition) is 2. The number of fused-ring (bicyclic) bond motifs is 1. The minimum atomic E-state index is -4.13. The highest BCUT2D eigenvalue weighted by Gasteiger charge is 2.34. The van der Waals surface area contributed by atoms with Crippen LogP contribution in [0.3, 0.4) is 0 Å². The smallest absolute Gasteiger partial charge is 0.264 e. The van der Waals surface area contributed by atoms with Crippen LogP contribution in [-0.4, -0.2) is 48.0 Å². The predicted octanol–water partition coefficient (Wildman–Crippen LogP) is 4.38. The molecule has 0 atom stereocenters. The number of para-hydroxylation sites is 1. The van der Waals surface area contributed by atoms with Crippen molar-refractivity contribution in [1.29, 1.82) is 0 Å². The van der Waals surface area contributed by atoms with Crippen LogP contribution in [0.15, 0.2) is 90.0 Å². The Labute approximate surface area is 214 Å². The van der Waals surface area contributed by atoms with Gasteiger partial charge in [-0.15, -0.1) is 0 Å². The zero-order valence-electron chi connectivity index (χ0n) is 20.0. The van der Waals surface area contributed by atoms with E-state index in [1.54, 1.807) is 29.2 Å². The molecule has 0 saturated carbocycles. The van der Waals surface area contributed by atoms with Crippen molar-refractivity contribution in [2.75, 3.05) is 17.8 Å². The van der Waals surface area contributed by atoms with Crippen LogP contribution in [-0.2, 0) is 16.4 Å². The molecule has 37 heavy (non-hydrogen) atoms. The quantitative estimate of drug-likeness (QED) is 0.394. The Morgan fingerprint density at radius 1 is 1.00 bits per heavy atom. The predicted molar refractivity (Wildman–Crippen MR) is 139 cm³/mol. The number of halogens is 1. The average molecular weight is 520 g/mol. The summed E-state index contributed by atoms with van der Waals surface area (Å²) in [5, 5.41) is 11.6. The summed E-state index contributed by atoms with van der Waals surface area (Å²) >= 11 is 0. The van der Waals surface area contributed by atoms with Crippen molar-refractivity contribution in [3.05, 3.63) is 102 Å². The number of likely N-dealkylation sites (tertiary alicyclic amines) is 1. The number of sulfonamides is 1. The number of piperidine rings is 1. The summed E-state index contributed by atoms with van der Waals surface area (Å²) in [5.41, 5.74) is 0.259. The van der Waals surface area contributed by atoms with Crippen molar-refractivity contribution in [3.63, 3.8) is 0 Å². The lowest BCUT2D eigenvalue weighted by atomic mass is 9.85. The van der Waals surface area contributed by atoms with Crippen LogP contribution in [0.1, 0.15) is 28.8 Å². The summed E-state index contributed by atoms with van der Waals surface area (Å²) in [6.07, 6.45) is 2.82. The average Bonchev–Trinajstić information content (AvgIpc) is 2.90. The van der Waals surface area contributed by atoms with Gasteiger partial charge in [0.05, 0.1) is 16.8 Å². The fourth-order valence-electron chi connectivity index (χ4n) is 4.68. The summed E-state index contributed by atoms with van der Waals surface area (Å²) in [4.78, 5) is 18.7. The number of carbonyl (C=O) groups is 1. The van der Waals surface area contributed by atoms with E-state index in [0.29, 0.717) is 37.7 Å². The first kappa shape index (κ1) is 24.9. The molecule has 1 aliphatic rings. The van der Waals surface area contributed by atoms with Gasteiger partial charge >= 0.3 is 0 Å². The van der Waals surface area contributed by atoms with E-state index in [2.05, 4.69) is 9.71 Å². The van der Waals surface area contributed by atoms with Gasteiger partial charge < -0.3 is 10.0 Å². The number of anilines is 1. The Kier molecular flexibility index (Phi) is 6.66. The van der Waals surface area contributed by atoms with E-state index in [-0.39, 0.29) is 27.6 Å². The molecule has 2 N–H and O–H groups in total. The Morgan fingerprint density at radius 3 is 2.46 bits per heavy atom. The van der Waals surface area contributed by atoms with Crippen LogP contribution in [0.25, 0.3) is 10.9 Å². The second-order valence-corrected chi connectivity index (χ2v) is 11.0. The van der Waals surface area contributed by atoms with Gasteiger partial charge in [0, 0.05) is 36.7 Å². The highest BCUT2D eigenvalue weighted by Crippen LogP contribution is 2.29. The van der Waals surface area contributed by atoms with Crippen molar-refractivity contribution in [2.45, 2.75) is 29.8 Å². The van der Waals surface area contributed by atoms with E-state index in [1.165, 1.54) is 24.4 Å². The first-order valence-electron chi connectivity index (χ1n) is 12.0. The van der Waals surface area contributed by atoms with E-state index in [0.717, 1.165) is 11.6 Å². The molecule has 0 aliphatic carbocycles. The molecular weight excluding hydrogens is 493 g/mol. The lowest BCUT2D eigenvalue weighted by Gasteiger charge is -2.38. The third kappa shape index (κ3) is 5.33. The van der Waals surface area contributed by atoms with Crippen LogP contribution < -0.4 is 4.72 Å². The molecule has 0 unspecified atom stereocenters. The molecule has 1 fully saturated rings. The van der Waals surface area contributed by atoms with E-state index in [4.69, 9.17) is 0 Å². The normalized spacial score (nSPS) is 15.5. The number of pyridine rings is 1. The van der Waals surface area contributed by atoms with Gasteiger partial charge in [-0.3, -0.25) is 14.5 Å². The van der Waals surface area contributed by atoms with Crippen LogP contribution >= 0.6 is 0 Å². The molecule has 190 valence electrons. The minimum absolute atomic E-state index is 0.0681. The van der Waals surface area contributed by atoms with Gasteiger partial charge in [-0.2, -0.15) is 0 Å². The largest absolute Gasteiger partial charge is 0.389 e. The van der Waals surface area contributed by atoms with Gasteiger partial charge in [0.15, 0.2) is 0 Å². The molecule has 5 rings (SSSR count). The van der Waals surface area contributed by atoms with Gasteiger partial charge in [0.2, 0.25) is 0 Å². The summed E-state index contributed by atoms with van der Waals surface area (Å²) in [5.74, 6) is -1.23. The van der Waals surface area contributed by atoms with Gasteiger partial charge in [-0.1, -0.05) is 48.5 Å². The van der Waals surface area contributed by atoms with Gasteiger partial charge in [-0.25, -0.2) is 12.8 Å². The standard InChI is InChI=1S/C28H26FN3O4S/c29-23-18-22(27(33)32-16-13-28(34,14-17-32)19-20-6-2-1-3-7-20)11-12-24(23)31-37(35,36)25-10-4-8-21-9-5-15-30-26(21)25/h1-12,15,18,31,34H,13-14,16-17,19H2. The molecule has 0 radical (unpaired) electrons. The minimum Gasteiger partial charge on any atom is -0.389 e. The number of nitrogens with zero attached hydrogens (tertiary/aromatic N) is 2. The van der Waals surface area contributed by atoms with Gasteiger partial charge in [0.1, 0.15) is 10.7 Å². The molecule has 1 aromatic heterocycles. The number of carbonyl (C=O) groups excluding carboxylic acids is 1. The monoisotopic (exact) mass is 519 g/mol. The van der Waals surface area contributed by atoms with E-state index >= 15 is 0 Å². The SMILES string of the molecule is O=C(c1ccc(NS(=O)(=O)c2cccc3cccnc23)c(F)c1)N1CCC(O)(Cc2ccccc2)CC1. The van der Waals surface area contributed by atoms with Crippen molar-refractivity contribution < 1.29 is 22.7 Å². The van der Waals surface area contributed by atoms with Gasteiger partial charge in [0.25, 0.3) is 15.9 Å². The maximum absolute atomic E-state index is 14.9.